The molecule has 0 saturated heterocycles. The smallest absolute Gasteiger partial charge is 0.323 e. The Morgan fingerprint density at radius 2 is 1.95 bits per heavy atom. The molecule has 6 heteroatoms. The van der Waals surface area contributed by atoms with E-state index in [9.17, 15) is 9.59 Å². The molecule has 0 fully saturated rings. The fraction of sp³-hybridized carbons (Fsp3) is 0.385. The highest BCUT2D eigenvalue weighted by Gasteiger charge is 2.32. The molecule has 0 unspecified atom stereocenters. The first kappa shape index (κ1) is 15.9. The van der Waals surface area contributed by atoms with Gasteiger partial charge in [0.2, 0.25) is 5.91 Å². The average molecular weight is 376 g/mol. The standard InChI is InChI=1S/C13H17IN2O3/c1-13(2,12(18)19)16(3)8-11(17)15-10-7-5-4-6-9(10)14/h4-7H,8H2,1-3H3,(H,15,17)(H,18,19). The van der Waals surface area contributed by atoms with Crippen molar-refractivity contribution in [3.63, 3.8) is 0 Å². The second-order valence-electron chi connectivity index (χ2n) is 4.75. The first-order valence-corrected chi connectivity index (χ1v) is 6.82. The van der Waals surface area contributed by atoms with Gasteiger partial charge in [-0.15, -0.1) is 0 Å². The van der Waals surface area contributed by atoms with Crippen LogP contribution in [0.2, 0.25) is 0 Å². The number of halogens is 1. The number of likely N-dealkylation sites (N-methyl/N-ethyl adjacent to an activating group) is 1. The first-order chi connectivity index (χ1) is 8.75. The summed E-state index contributed by atoms with van der Waals surface area (Å²) in [5.74, 6) is -1.20. The summed E-state index contributed by atoms with van der Waals surface area (Å²) >= 11 is 2.13. The van der Waals surface area contributed by atoms with Crippen molar-refractivity contribution >= 4 is 40.2 Å². The number of carbonyl (C=O) groups excluding carboxylic acids is 1. The maximum Gasteiger partial charge on any atom is 0.323 e. The Hall–Kier alpha value is -1.15. The van der Waals surface area contributed by atoms with Gasteiger partial charge < -0.3 is 10.4 Å². The Bertz CT molecular complexity index is 489. The van der Waals surface area contributed by atoms with Gasteiger partial charge in [0.05, 0.1) is 12.2 Å². The number of anilines is 1. The van der Waals surface area contributed by atoms with Gasteiger partial charge in [0.25, 0.3) is 0 Å². The van der Waals surface area contributed by atoms with Crippen LogP contribution in [-0.4, -0.2) is 41.0 Å². The van der Waals surface area contributed by atoms with Crippen LogP contribution in [0.1, 0.15) is 13.8 Å². The van der Waals surface area contributed by atoms with Crippen LogP contribution in [0.5, 0.6) is 0 Å². The van der Waals surface area contributed by atoms with E-state index in [0.29, 0.717) is 0 Å². The number of hydrogen-bond acceptors (Lipinski definition) is 3. The van der Waals surface area contributed by atoms with Crippen molar-refractivity contribution in [1.82, 2.24) is 4.90 Å². The molecule has 0 heterocycles. The van der Waals surface area contributed by atoms with E-state index in [-0.39, 0.29) is 12.5 Å². The first-order valence-electron chi connectivity index (χ1n) is 5.74. The Labute approximate surface area is 126 Å². The number of benzene rings is 1. The lowest BCUT2D eigenvalue weighted by Crippen LogP contribution is -2.50. The summed E-state index contributed by atoms with van der Waals surface area (Å²) in [5.41, 5.74) is -0.351. The highest BCUT2D eigenvalue weighted by Crippen LogP contribution is 2.17. The van der Waals surface area contributed by atoms with E-state index >= 15 is 0 Å². The number of hydrogen-bond donors (Lipinski definition) is 2. The van der Waals surface area contributed by atoms with Crippen LogP contribution < -0.4 is 5.32 Å². The molecule has 0 radical (unpaired) electrons. The van der Waals surface area contributed by atoms with Gasteiger partial charge in [-0.3, -0.25) is 14.5 Å². The summed E-state index contributed by atoms with van der Waals surface area (Å²) in [6.45, 7) is 3.15. The fourth-order valence-corrected chi connectivity index (χ4v) is 1.85. The number of carbonyl (C=O) groups is 2. The van der Waals surface area contributed by atoms with Crippen LogP contribution in [0.25, 0.3) is 0 Å². The molecule has 0 spiro atoms. The molecule has 1 aromatic carbocycles. The molecule has 2 N–H and O–H groups in total. The molecule has 0 aliphatic carbocycles. The number of amides is 1. The number of carboxylic acids is 1. The third-order valence-corrected chi connectivity index (χ3v) is 3.95. The van der Waals surface area contributed by atoms with Gasteiger partial charge in [-0.05, 0) is 55.6 Å². The second kappa shape index (κ2) is 6.33. The van der Waals surface area contributed by atoms with Crippen LogP contribution >= 0.6 is 22.6 Å². The van der Waals surface area contributed by atoms with Crippen molar-refractivity contribution in [1.29, 1.82) is 0 Å². The van der Waals surface area contributed by atoms with Gasteiger partial charge >= 0.3 is 5.97 Å². The summed E-state index contributed by atoms with van der Waals surface area (Å²) in [7, 11) is 1.61. The molecule has 1 amide bonds. The number of rotatable bonds is 5. The Balaban J connectivity index is 2.67. The van der Waals surface area contributed by atoms with Crippen molar-refractivity contribution in [2.24, 2.45) is 0 Å². The summed E-state index contributed by atoms with van der Waals surface area (Å²) in [5, 5.41) is 11.9. The van der Waals surface area contributed by atoms with Crippen molar-refractivity contribution < 1.29 is 14.7 Å². The monoisotopic (exact) mass is 376 g/mol. The summed E-state index contributed by atoms with van der Waals surface area (Å²) in [6.07, 6.45) is 0. The van der Waals surface area contributed by atoms with Crippen LogP contribution in [0.4, 0.5) is 5.69 Å². The van der Waals surface area contributed by atoms with Crippen molar-refractivity contribution in [3.05, 3.63) is 27.8 Å². The van der Waals surface area contributed by atoms with Crippen LogP contribution in [-0.2, 0) is 9.59 Å². The third kappa shape index (κ3) is 4.17. The third-order valence-electron chi connectivity index (χ3n) is 3.01. The lowest BCUT2D eigenvalue weighted by Gasteiger charge is -2.30. The number of para-hydroxylation sites is 1. The minimum atomic E-state index is -1.08. The Kier molecular flexibility index (Phi) is 5.30. The molecule has 0 bridgehead atoms. The minimum absolute atomic E-state index is 0.0181. The minimum Gasteiger partial charge on any atom is -0.480 e. The normalized spacial score (nSPS) is 11.4. The SMILES string of the molecule is CN(CC(=O)Nc1ccccc1I)C(C)(C)C(=O)O. The lowest BCUT2D eigenvalue weighted by atomic mass is 10.0. The van der Waals surface area contributed by atoms with Crippen LogP contribution in [0, 0.1) is 3.57 Å². The molecule has 19 heavy (non-hydrogen) atoms. The highest BCUT2D eigenvalue weighted by atomic mass is 127. The van der Waals surface area contributed by atoms with Gasteiger partial charge in [0.1, 0.15) is 5.54 Å². The molecule has 5 nitrogen and oxygen atoms in total. The molecule has 1 aromatic rings. The maximum absolute atomic E-state index is 11.9. The largest absolute Gasteiger partial charge is 0.480 e. The van der Waals surface area contributed by atoms with E-state index in [1.807, 2.05) is 24.3 Å². The zero-order chi connectivity index (χ0) is 14.6. The van der Waals surface area contributed by atoms with E-state index in [1.165, 1.54) is 4.90 Å². The molecule has 0 aliphatic heterocycles. The molecule has 104 valence electrons. The fourth-order valence-electron chi connectivity index (χ4n) is 1.33. The molecule has 0 atom stereocenters. The van der Waals surface area contributed by atoms with E-state index in [1.54, 1.807) is 20.9 Å². The van der Waals surface area contributed by atoms with E-state index in [4.69, 9.17) is 5.11 Å². The van der Waals surface area contributed by atoms with Gasteiger partial charge in [0, 0.05) is 3.57 Å². The second-order valence-corrected chi connectivity index (χ2v) is 5.91. The summed E-state index contributed by atoms with van der Waals surface area (Å²) in [6, 6.07) is 7.42. The lowest BCUT2D eigenvalue weighted by molar-refractivity contribution is -0.148. The summed E-state index contributed by atoms with van der Waals surface area (Å²) < 4.78 is 0.939. The zero-order valence-corrected chi connectivity index (χ0v) is 13.3. The van der Waals surface area contributed by atoms with Gasteiger partial charge in [0.15, 0.2) is 0 Å². The van der Waals surface area contributed by atoms with E-state index in [0.717, 1.165) is 9.26 Å². The summed E-state index contributed by atoms with van der Waals surface area (Å²) in [4.78, 5) is 24.5. The number of aliphatic carboxylic acids is 1. The number of carboxylic acid groups (broad SMARTS) is 1. The van der Waals surface area contributed by atoms with Crippen LogP contribution in [0.15, 0.2) is 24.3 Å². The highest BCUT2D eigenvalue weighted by molar-refractivity contribution is 14.1. The zero-order valence-electron chi connectivity index (χ0n) is 11.1. The van der Waals surface area contributed by atoms with E-state index in [2.05, 4.69) is 27.9 Å². The number of nitrogens with one attached hydrogen (secondary N) is 1. The molecular formula is C13H17IN2O3. The molecule has 0 aromatic heterocycles. The quantitative estimate of drug-likeness (QED) is 0.772. The Morgan fingerprint density at radius 3 is 2.47 bits per heavy atom. The predicted octanol–water partition coefficient (Wildman–Crippen LogP) is 2.02. The average Bonchev–Trinajstić information content (AvgIpc) is 2.31. The predicted molar refractivity (Wildman–Crippen MR) is 82.1 cm³/mol. The van der Waals surface area contributed by atoms with Gasteiger partial charge in [-0.2, -0.15) is 0 Å². The maximum atomic E-state index is 11.9. The molecule has 1 rings (SSSR count). The molecular weight excluding hydrogens is 359 g/mol. The van der Waals surface area contributed by atoms with Crippen molar-refractivity contribution in [2.45, 2.75) is 19.4 Å². The van der Waals surface area contributed by atoms with Crippen molar-refractivity contribution in [2.75, 3.05) is 18.9 Å². The Morgan fingerprint density at radius 1 is 1.37 bits per heavy atom. The molecule has 0 aliphatic rings. The molecule has 0 saturated carbocycles. The topological polar surface area (TPSA) is 69.6 Å². The van der Waals surface area contributed by atoms with E-state index < -0.39 is 11.5 Å². The van der Waals surface area contributed by atoms with Gasteiger partial charge in [-0.25, -0.2) is 0 Å². The van der Waals surface area contributed by atoms with Gasteiger partial charge in [-0.1, -0.05) is 12.1 Å². The van der Waals surface area contributed by atoms with Crippen LogP contribution in [0.3, 0.4) is 0 Å². The number of nitrogens with zero attached hydrogens (tertiary/aromatic N) is 1. The van der Waals surface area contributed by atoms with Crippen molar-refractivity contribution in [3.8, 4) is 0 Å².